The van der Waals surface area contributed by atoms with Gasteiger partial charge in [-0.15, -0.1) is 11.8 Å². The van der Waals surface area contributed by atoms with Gasteiger partial charge in [0.15, 0.2) is 0 Å². The largest absolute Gasteiger partial charge is 0.481 e. The molecule has 2 nitrogen and oxygen atoms in total. The molecule has 0 aromatic heterocycles. The van der Waals surface area contributed by atoms with Gasteiger partial charge in [-0.25, -0.2) is 4.39 Å². The maximum absolute atomic E-state index is 13.4. The Morgan fingerprint density at radius 3 is 3.14 bits per heavy atom. The van der Waals surface area contributed by atoms with Gasteiger partial charge in [-0.3, -0.25) is 4.79 Å². The fraction of sp³-hybridized carbons (Fsp3) is 0.300. The molecule has 0 aliphatic carbocycles. The van der Waals surface area contributed by atoms with Gasteiger partial charge in [0.1, 0.15) is 5.82 Å². The number of halogens is 1. The standard InChI is InChI=1S/C10H9FO2S/c11-7-2-1-3-8-10(7)6(5-14-8)4-9(12)13/h1-3,6H,4-5H2,(H,12,13). The van der Waals surface area contributed by atoms with Gasteiger partial charge < -0.3 is 5.11 Å². The second-order valence-corrected chi connectivity index (χ2v) is 4.32. The molecule has 1 heterocycles. The van der Waals surface area contributed by atoms with Crippen LogP contribution in [-0.2, 0) is 4.79 Å². The number of thioether (sulfide) groups is 1. The molecule has 0 spiro atoms. The summed E-state index contributed by atoms with van der Waals surface area (Å²) in [6.45, 7) is 0. The van der Waals surface area contributed by atoms with Gasteiger partial charge in [0.05, 0.1) is 6.42 Å². The Hall–Kier alpha value is -1.03. The normalized spacial score (nSPS) is 19.4. The van der Waals surface area contributed by atoms with E-state index in [0.29, 0.717) is 11.3 Å². The predicted octanol–water partition coefficient (Wildman–Crippen LogP) is 2.49. The number of hydrogen-bond acceptors (Lipinski definition) is 2. The average Bonchev–Trinajstić information content (AvgIpc) is 2.49. The van der Waals surface area contributed by atoms with Gasteiger partial charge in [0.25, 0.3) is 0 Å². The second-order valence-electron chi connectivity index (χ2n) is 3.26. The lowest BCUT2D eigenvalue weighted by atomic mass is 9.97. The molecule has 0 amide bonds. The minimum Gasteiger partial charge on any atom is -0.481 e. The molecule has 2 rings (SSSR count). The summed E-state index contributed by atoms with van der Waals surface area (Å²) in [6.07, 6.45) is 0.0148. The quantitative estimate of drug-likeness (QED) is 0.818. The summed E-state index contributed by atoms with van der Waals surface area (Å²) in [5.41, 5.74) is 0.583. The maximum atomic E-state index is 13.4. The minimum atomic E-state index is -0.869. The molecular formula is C10H9FO2S. The van der Waals surface area contributed by atoms with E-state index in [9.17, 15) is 9.18 Å². The number of carboxylic acids is 1. The van der Waals surface area contributed by atoms with Crippen LogP contribution >= 0.6 is 11.8 Å². The molecule has 74 valence electrons. The van der Waals surface area contributed by atoms with Crippen molar-refractivity contribution in [1.29, 1.82) is 0 Å². The smallest absolute Gasteiger partial charge is 0.303 e. The average molecular weight is 212 g/mol. The van der Waals surface area contributed by atoms with E-state index in [2.05, 4.69) is 0 Å². The monoisotopic (exact) mass is 212 g/mol. The zero-order valence-corrected chi connectivity index (χ0v) is 8.18. The van der Waals surface area contributed by atoms with Crippen LogP contribution in [0.25, 0.3) is 0 Å². The fourth-order valence-corrected chi connectivity index (χ4v) is 2.94. The van der Waals surface area contributed by atoms with E-state index in [1.807, 2.05) is 6.07 Å². The van der Waals surface area contributed by atoms with E-state index in [1.165, 1.54) is 17.8 Å². The minimum absolute atomic E-state index is 0.0148. The third kappa shape index (κ3) is 1.62. The molecule has 0 saturated carbocycles. The number of aliphatic carboxylic acids is 1. The molecular weight excluding hydrogens is 203 g/mol. The van der Waals surface area contributed by atoms with E-state index in [4.69, 9.17) is 5.11 Å². The first-order valence-corrected chi connectivity index (χ1v) is 5.30. The van der Waals surface area contributed by atoms with E-state index >= 15 is 0 Å². The first-order chi connectivity index (χ1) is 6.68. The van der Waals surface area contributed by atoms with Gasteiger partial charge in [-0.1, -0.05) is 6.07 Å². The molecule has 4 heteroatoms. The van der Waals surface area contributed by atoms with Crippen LogP contribution in [0.5, 0.6) is 0 Å². The van der Waals surface area contributed by atoms with Gasteiger partial charge in [0, 0.05) is 22.1 Å². The third-order valence-corrected chi connectivity index (χ3v) is 3.52. The Labute approximate surface area is 85.1 Å². The van der Waals surface area contributed by atoms with Crippen LogP contribution in [0, 0.1) is 5.82 Å². The Morgan fingerprint density at radius 2 is 2.43 bits per heavy atom. The predicted molar refractivity (Wildman–Crippen MR) is 52.1 cm³/mol. The highest BCUT2D eigenvalue weighted by Gasteiger charge is 2.27. The van der Waals surface area contributed by atoms with Crippen molar-refractivity contribution in [2.45, 2.75) is 17.2 Å². The molecule has 1 aliphatic heterocycles. The molecule has 14 heavy (non-hydrogen) atoms. The van der Waals surface area contributed by atoms with Crippen molar-refractivity contribution in [3.05, 3.63) is 29.6 Å². The van der Waals surface area contributed by atoms with Crippen LogP contribution in [-0.4, -0.2) is 16.8 Å². The van der Waals surface area contributed by atoms with E-state index in [-0.39, 0.29) is 18.2 Å². The summed E-state index contributed by atoms with van der Waals surface area (Å²) in [5.74, 6) is -0.651. The SMILES string of the molecule is O=C(O)CC1CSc2cccc(F)c21. The Kier molecular flexibility index (Phi) is 2.46. The van der Waals surface area contributed by atoms with E-state index < -0.39 is 5.97 Å². The van der Waals surface area contributed by atoms with Crippen LogP contribution in [0.1, 0.15) is 17.9 Å². The summed E-state index contributed by atoms with van der Waals surface area (Å²) in [5, 5.41) is 8.66. The van der Waals surface area contributed by atoms with Crippen LogP contribution in [0.2, 0.25) is 0 Å². The van der Waals surface area contributed by atoms with Crippen molar-refractivity contribution in [2.24, 2.45) is 0 Å². The first-order valence-electron chi connectivity index (χ1n) is 4.31. The fourth-order valence-electron chi connectivity index (χ4n) is 1.68. The van der Waals surface area contributed by atoms with Crippen molar-refractivity contribution in [3.63, 3.8) is 0 Å². The van der Waals surface area contributed by atoms with Crippen molar-refractivity contribution in [1.82, 2.24) is 0 Å². The maximum Gasteiger partial charge on any atom is 0.303 e. The lowest BCUT2D eigenvalue weighted by molar-refractivity contribution is -0.137. The molecule has 1 atom stereocenters. The summed E-state index contributed by atoms with van der Waals surface area (Å²) in [4.78, 5) is 11.4. The zero-order valence-electron chi connectivity index (χ0n) is 7.37. The summed E-state index contributed by atoms with van der Waals surface area (Å²) in [7, 11) is 0. The van der Waals surface area contributed by atoms with Gasteiger partial charge in [0.2, 0.25) is 0 Å². The zero-order chi connectivity index (χ0) is 10.1. The summed E-state index contributed by atoms with van der Waals surface area (Å²) < 4.78 is 13.4. The molecule has 1 aliphatic rings. The summed E-state index contributed by atoms with van der Waals surface area (Å²) in [6, 6.07) is 4.88. The lowest BCUT2D eigenvalue weighted by Crippen LogP contribution is -2.06. The highest BCUT2D eigenvalue weighted by atomic mass is 32.2. The Bertz CT molecular complexity index is 378. The van der Waals surface area contributed by atoms with Crippen molar-refractivity contribution in [2.75, 3.05) is 5.75 Å². The highest BCUT2D eigenvalue weighted by Crippen LogP contribution is 2.42. The molecule has 0 saturated heterocycles. The number of hydrogen-bond donors (Lipinski definition) is 1. The number of benzene rings is 1. The van der Waals surface area contributed by atoms with Crippen molar-refractivity contribution >= 4 is 17.7 Å². The van der Waals surface area contributed by atoms with Crippen LogP contribution in [0.4, 0.5) is 4.39 Å². The lowest BCUT2D eigenvalue weighted by Gasteiger charge is -2.07. The number of carbonyl (C=O) groups is 1. The molecule has 0 fully saturated rings. The highest BCUT2D eigenvalue weighted by molar-refractivity contribution is 7.99. The molecule has 1 unspecified atom stereocenters. The van der Waals surface area contributed by atoms with Gasteiger partial charge >= 0.3 is 5.97 Å². The van der Waals surface area contributed by atoms with Crippen molar-refractivity contribution in [3.8, 4) is 0 Å². The molecule has 1 N–H and O–H groups in total. The van der Waals surface area contributed by atoms with Crippen LogP contribution < -0.4 is 0 Å². The van der Waals surface area contributed by atoms with Gasteiger partial charge in [-0.2, -0.15) is 0 Å². The van der Waals surface area contributed by atoms with E-state index in [0.717, 1.165) is 4.90 Å². The Balaban J connectivity index is 2.33. The Morgan fingerprint density at radius 1 is 1.64 bits per heavy atom. The topological polar surface area (TPSA) is 37.3 Å². The van der Waals surface area contributed by atoms with E-state index in [1.54, 1.807) is 6.07 Å². The van der Waals surface area contributed by atoms with Crippen molar-refractivity contribution < 1.29 is 14.3 Å². The van der Waals surface area contributed by atoms with Crippen LogP contribution in [0.15, 0.2) is 23.1 Å². The summed E-state index contributed by atoms with van der Waals surface area (Å²) >= 11 is 1.53. The number of carboxylic acid groups (broad SMARTS) is 1. The number of rotatable bonds is 2. The third-order valence-electron chi connectivity index (χ3n) is 2.28. The van der Waals surface area contributed by atoms with Gasteiger partial charge in [-0.05, 0) is 12.1 Å². The first kappa shape index (κ1) is 9.52. The number of fused-ring (bicyclic) bond motifs is 1. The molecule has 1 aromatic rings. The molecule has 1 aromatic carbocycles. The second kappa shape index (κ2) is 3.61. The molecule has 0 bridgehead atoms. The van der Waals surface area contributed by atoms with Crippen LogP contribution in [0.3, 0.4) is 0 Å². The molecule has 0 radical (unpaired) electrons.